The van der Waals surface area contributed by atoms with Crippen molar-refractivity contribution in [2.45, 2.75) is 6.10 Å². The van der Waals surface area contributed by atoms with E-state index in [0.717, 1.165) is 10.9 Å². The molecule has 0 bridgehead atoms. The number of hydrogen-bond acceptors (Lipinski definition) is 5. The number of amides is 1. The molecule has 0 unspecified atom stereocenters. The number of para-hydroxylation sites is 3. The number of carbonyl (C=O) groups excluding carboxylic acids is 1. The van der Waals surface area contributed by atoms with Gasteiger partial charge in [0.2, 0.25) is 6.10 Å². The lowest BCUT2D eigenvalue weighted by molar-refractivity contribution is -0.130. The number of nitrogens with one attached hydrogen (secondary N) is 2. The van der Waals surface area contributed by atoms with E-state index in [1.54, 1.807) is 24.3 Å². The van der Waals surface area contributed by atoms with E-state index < -0.39 is 12.0 Å². The molecule has 7 heteroatoms. The number of H-pyrrole nitrogens is 1. The van der Waals surface area contributed by atoms with Crippen LogP contribution in [0.2, 0.25) is 0 Å². The number of aromatic nitrogens is 1. The average molecular weight is 349 g/mol. The van der Waals surface area contributed by atoms with E-state index in [1.165, 1.54) is 6.21 Å². The quantitative estimate of drug-likeness (QED) is 0.557. The van der Waals surface area contributed by atoms with Gasteiger partial charge in [-0.3, -0.25) is 9.59 Å². The molecule has 1 atom stereocenters. The van der Waals surface area contributed by atoms with E-state index >= 15 is 0 Å². The van der Waals surface area contributed by atoms with E-state index in [0.29, 0.717) is 17.1 Å². The standard InChI is InChI=1S/C19H15N3O4/c23-18-13(9-12-5-1-2-6-14(12)21-18)10-20-22-19(24)17-11-25-15-7-3-4-8-16(15)26-17/h1-10,17H,11H2,(H,21,23)(H,22,24)/b20-10+/t17-/m1/s1. The number of nitrogens with zero attached hydrogens (tertiary/aromatic N) is 1. The maximum Gasteiger partial charge on any atom is 0.284 e. The summed E-state index contributed by atoms with van der Waals surface area (Å²) in [5.74, 6) is 0.657. The van der Waals surface area contributed by atoms with Gasteiger partial charge in [-0.2, -0.15) is 5.10 Å². The summed E-state index contributed by atoms with van der Waals surface area (Å²) in [6, 6.07) is 16.3. The molecule has 0 fully saturated rings. The van der Waals surface area contributed by atoms with Crippen molar-refractivity contribution in [1.82, 2.24) is 10.4 Å². The maximum absolute atomic E-state index is 12.2. The van der Waals surface area contributed by atoms with Gasteiger partial charge in [0.15, 0.2) is 11.5 Å². The Labute approximate surface area is 148 Å². The minimum atomic E-state index is -0.808. The molecule has 0 spiro atoms. The Morgan fingerprint density at radius 3 is 2.81 bits per heavy atom. The van der Waals surface area contributed by atoms with Crippen molar-refractivity contribution in [2.75, 3.05) is 6.61 Å². The number of hydrogen-bond donors (Lipinski definition) is 2. The first kappa shape index (κ1) is 15.9. The molecule has 0 saturated heterocycles. The van der Waals surface area contributed by atoms with Crippen molar-refractivity contribution < 1.29 is 14.3 Å². The van der Waals surface area contributed by atoms with Gasteiger partial charge in [0, 0.05) is 5.52 Å². The molecule has 130 valence electrons. The van der Waals surface area contributed by atoms with E-state index in [1.807, 2.05) is 30.3 Å². The van der Waals surface area contributed by atoms with Crippen LogP contribution >= 0.6 is 0 Å². The van der Waals surface area contributed by atoms with Gasteiger partial charge in [0.1, 0.15) is 6.61 Å². The van der Waals surface area contributed by atoms with Crippen LogP contribution in [-0.4, -0.2) is 29.8 Å². The van der Waals surface area contributed by atoms with Crippen molar-refractivity contribution >= 4 is 23.0 Å². The molecule has 2 N–H and O–H groups in total. The fourth-order valence-corrected chi connectivity index (χ4v) is 2.65. The molecule has 0 radical (unpaired) electrons. The highest BCUT2D eigenvalue weighted by molar-refractivity contribution is 5.88. The molecule has 2 heterocycles. The number of pyridine rings is 1. The maximum atomic E-state index is 12.2. The fourth-order valence-electron chi connectivity index (χ4n) is 2.65. The Balaban J connectivity index is 1.45. The summed E-state index contributed by atoms with van der Waals surface area (Å²) in [6.45, 7) is 0.0922. The highest BCUT2D eigenvalue weighted by atomic mass is 16.6. The normalized spacial score (nSPS) is 15.9. The molecule has 7 nitrogen and oxygen atoms in total. The molecule has 1 aliphatic heterocycles. The topological polar surface area (TPSA) is 92.8 Å². The monoisotopic (exact) mass is 349 g/mol. The summed E-state index contributed by atoms with van der Waals surface area (Å²) < 4.78 is 11.1. The summed E-state index contributed by atoms with van der Waals surface area (Å²) in [7, 11) is 0. The summed E-state index contributed by atoms with van der Waals surface area (Å²) in [4.78, 5) is 27.0. The van der Waals surface area contributed by atoms with Crippen molar-refractivity contribution in [3.8, 4) is 11.5 Å². The minimum absolute atomic E-state index is 0.0922. The highest BCUT2D eigenvalue weighted by Gasteiger charge is 2.26. The van der Waals surface area contributed by atoms with Gasteiger partial charge in [-0.05, 0) is 29.7 Å². The third-order valence-corrected chi connectivity index (χ3v) is 3.96. The van der Waals surface area contributed by atoms with Crippen LogP contribution in [0.4, 0.5) is 0 Å². The number of hydrazone groups is 1. The van der Waals surface area contributed by atoms with Gasteiger partial charge in [-0.1, -0.05) is 30.3 Å². The summed E-state index contributed by atoms with van der Waals surface area (Å²) in [5.41, 5.74) is 3.18. The average Bonchev–Trinajstić information content (AvgIpc) is 2.68. The van der Waals surface area contributed by atoms with Gasteiger partial charge < -0.3 is 14.5 Å². The molecule has 3 aromatic rings. The lowest BCUT2D eigenvalue weighted by Crippen LogP contribution is -2.42. The van der Waals surface area contributed by atoms with Crippen LogP contribution in [0.25, 0.3) is 10.9 Å². The first-order chi connectivity index (χ1) is 12.7. The second kappa shape index (κ2) is 6.72. The second-order valence-corrected chi connectivity index (χ2v) is 5.74. The summed E-state index contributed by atoms with van der Waals surface area (Å²) >= 11 is 0. The smallest absolute Gasteiger partial charge is 0.284 e. The largest absolute Gasteiger partial charge is 0.485 e. The SMILES string of the molecule is O=C(N/N=C/c1cc2ccccc2[nH]c1=O)[C@H]1COc2ccccc2O1. The molecule has 1 aliphatic rings. The zero-order chi connectivity index (χ0) is 17.9. The van der Waals surface area contributed by atoms with E-state index in [2.05, 4.69) is 15.5 Å². The van der Waals surface area contributed by atoms with Crippen LogP contribution in [0.1, 0.15) is 5.56 Å². The van der Waals surface area contributed by atoms with E-state index in [4.69, 9.17) is 9.47 Å². The van der Waals surface area contributed by atoms with Gasteiger partial charge >= 0.3 is 0 Å². The van der Waals surface area contributed by atoms with Crippen LogP contribution in [-0.2, 0) is 4.79 Å². The highest BCUT2D eigenvalue weighted by Crippen LogP contribution is 2.30. The number of aromatic amines is 1. The summed E-state index contributed by atoms with van der Waals surface area (Å²) in [6.07, 6.45) is 0.498. The van der Waals surface area contributed by atoms with Crippen molar-refractivity contribution in [3.05, 3.63) is 70.5 Å². The zero-order valence-electron chi connectivity index (χ0n) is 13.6. The second-order valence-electron chi connectivity index (χ2n) is 5.74. The number of ether oxygens (including phenoxy) is 2. The van der Waals surface area contributed by atoms with Crippen LogP contribution in [0.3, 0.4) is 0 Å². The zero-order valence-corrected chi connectivity index (χ0v) is 13.6. The molecule has 26 heavy (non-hydrogen) atoms. The fraction of sp³-hybridized carbons (Fsp3) is 0.105. The van der Waals surface area contributed by atoms with Gasteiger partial charge in [-0.15, -0.1) is 0 Å². The van der Waals surface area contributed by atoms with Gasteiger partial charge in [0.25, 0.3) is 11.5 Å². The Hall–Kier alpha value is -3.61. The van der Waals surface area contributed by atoms with Crippen LogP contribution in [0.5, 0.6) is 11.5 Å². The Bertz CT molecular complexity index is 1060. The van der Waals surface area contributed by atoms with Crippen molar-refractivity contribution in [2.24, 2.45) is 5.10 Å². The molecule has 1 amide bonds. The lowest BCUT2D eigenvalue weighted by atomic mass is 10.2. The Kier molecular flexibility index (Phi) is 4.10. The first-order valence-corrected chi connectivity index (χ1v) is 8.04. The van der Waals surface area contributed by atoms with E-state index in [-0.39, 0.29) is 12.2 Å². The number of fused-ring (bicyclic) bond motifs is 2. The Morgan fingerprint density at radius 2 is 1.92 bits per heavy atom. The van der Waals surface area contributed by atoms with Gasteiger partial charge in [-0.25, -0.2) is 5.43 Å². The van der Waals surface area contributed by atoms with Crippen LogP contribution in [0, 0.1) is 0 Å². The first-order valence-electron chi connectivity index (χ1n) is 8.04. The van der Waals surface area contributed by atoms with Crippen LogP contribution in [0.15, 0.2) is 64.5 Å². The molecular formula is C19H15N3O4. The third-order valence-electron chi connectivity index (χ3n) is 3.96. The summed E-state index contributed by atoms with van der Waals surface area (Å²) in [5, 5.41) is 4.74. The lowest BCUT2D eigenvalue weighted by Gasteiger charge is -2.24. The van der Waals surface area contributed by atoms with E-state index in [9.17, 15) is 9.59 Å². The predicted molar refractivity (Wildman–Crippen MR) is 96.7 cm³/mol. The van der Waals surface area contributed by atoms with Crippen LogP contribution < -0.4 is 20.5 Å². The number of rotatable bonds is 3. The third kappa shape index (κ3) is 3.14. The Morgan fingerprint density at radius 1 is 1.15 bits per heavy atom. The molecule has 0 saturated carbocycles. The number of benzene rings is 2. The van der Waals surface area contributed by atoms with Crippen molar-refractivity contribution in [3.63, 3.8) is 0 Å². The van der Waals surface area contributed by atoms with Crippen molar-refractivity contribution in [1.29, 1.82) is 0 Å². The molecule has 0 aliphatic carbocycles. The minimum Gasteiger partial charge on any atom is -0.485 e. The predicted octanol–water partition coefficient (Wildman–Crippen LogP) is 1.82. The molecule has 1 aromatic heterocycles. The molecule has 2 aromatic carbocycles. The number of carbonyl (C=O) groups is 1. The molecular weight excluding hydrogens is 334 g/mol. The van der Waals surface area contributed by atoms with Gasteiger partial charge in [0.05, 0.1) is 11.8 Å². The molecule has 4 rings (SSSR count).